The number of hydrogen-bond acceptors (Lipinski definition) is 2. The number of Topliss-reactive ketones (excluding diaryl/α,β-unsaturated/α-hetero) is 1. The minimum Gasteiger partial charge on any atom is -0.396 e. The first-order valence-corrected chi connectivity index (χ1v) is 5.29. The molecule has 82 valence electrons. The molecule has 0 heterocycles. The zero-order chi connectivity index (χ0) is 11.1. The van der Waals surface area contributed by atoms with Crippen LogP contribution in [0.2, 0.25) is 0 Å². The fourth-order valence-corrected chi connectivity index (χ4v) is 0.426. The van der Waals surface area contributed by atoms with Gasteiger partial charge >= 0.3 is 0 Å². The fraction of sp³-hybridized carbons (Fsp3) is 0.909. The third-order valence-corrected chi connectivity index (χ3v) is 1.11. The van der Waals surface area contributed by atoms with E-state index in [0.29, 0.717) is 12.4 Å². The first-order chi connectivity index (χ1) is 6.18. The van der Waals surface area contributed by atoms with Crippen molar-refractivity contribution in [1.82, 2.24) is 0 Å². The predicted octanol–water partition coefficient (Wildman–Crippen LogP) is 3.18. The average molecular weight is 190 g/mol. The van der Waals surface area contributed by atoms with Gasteiger partial charge in [-0.25, -0.2) is 0 Å². The van der Waals surface area contributed by atoms with Crippen molar-refractivity contribution >= 4 is 5.78 Å². The van der Waals surface area contributed by atoms with Crippen LogP contribution < -0.4 is 0 Å². The van der Waals surface area contributed by atoms with Crippen LogP contribution in [0.15, 0.2) is 0 Å². The molecule has 1 N–H and O–H groups in total. The van der Waals surface area contributed by atoms with Crippen molar-refractivity contribution in [2.75, 3.05) is 6.61 Å². The Labute approximate surface area is 83.4 Å². The molecule has 0 rings (SSSR count). The Balaban J connectivity index is -0.000000142. The highest BCUT2D eigenvalue weighted by Crippen LogP contribution is 1.92. The minimum atomic E-state index is 0.307. The molecule has 0 unspecified atom stereocenters. The van der Waals surface area contributed by atoms with Gasteiger partial charge in [0.05, 0.1) is 0 Å². The van der Waals surface area contributed by atoms with Crippen LogP contribution in [0.3, 0.4) is 0 Å². The third-order valence-electron chi connectivity index (χ3n) is 1.11. The van der Waals surface area contributed by atoms with Gasteiger partial charge in [-0.3, -0.25) is 0 Å². The van der Waals surface area contributed by atoms with E-state index in [0.717, 1.165) is 25.7 Å². The van der Waals surface area contributed by atoms with Crippen molar-refractivity contribution in [1.29, 1.82) is 0 Å². The van der Waals surface area contributed by atoms with Gasteiger partial charge in [-0.2, -0.15) is 0 Å². The van der Waals surface area contributed by atoms with Gasteiger partial charge < -0.3 is 9.90 Å². The second kappa shape index (κ2) is 22.6. The van der Waals surface area contributed by atoms with Crippen molar-refractivity contribution in [3.63, 3.8) is 0 Å². The smallest absolute Gasteiger partial charge is 0.129 e. The topological polar surface area (TPSA) is 37.3 Å². The van der Waals surface area contributed by atoms with Gasteiger partial charge in [0.2, 0.25) is 0 Å². The van der Waals surface area contributed by atoms with E-state index in [1.165, 1.54) is 0 Å². The van der Waals surface area contributed by atoms with E-state index in [-0.39, 0.29) is 0 Å². The number of rotatable bonds is 4. The van der Waals surface area contributed by atoms with Crippen LogP contribution in [-0.4, -0.2) is 17.5 Å². The van der Waals surface area contributed by atoms with Crippen LogP contribution in [0.4, 0.5) is 0 Å². The number of carbonyl (C=O) groups excluding carboxylic acids is 1. The van der Waals surface area contributed by atoms with Gasteiger partial charge in [-0.1, -0.05) is 34.1 Å². The van der Waals surface area contributed by atoms with Crippen molar-refractivity contribution in [2.45, 2.75) is 60.3 Å². The highest BCUT2D eigenvalue weighted by atomic mass is 16.2. The first-order valence-electron chi connectivity index (χ1n) is 5.29. The Kier molecular flexibility index (Phi) is 32.0. The highest BCUT2D eigenvalue weighted by Gasteiger charge is 1.87. The molecule has 0 aliphatic rings. The maximum Gasteiger partial charge on any atom is 0.129 e. The third kappa shape index (κ3) is 50.3. The molecule has 13 heavy (non-hydrogen) atoms. The zero-order valence-corrected chi connectivity index (χ0v) is 9.89. The van der Waals surface area contributed by atoms with Gasteiger partial charge in [0, 0.05) is 13.0 Å². The van der Waals surface area contributed by atoms with E-state index >= 15 is 0 Å². The molecule has 0 saturated heterocycles. The Morgan fingerprint density at radius 3 is 1.62 bits per heavy atom. The second-order valence-corrected chi connectivity index (χ2v) is 2.53. The van der Waals surface area contributed by atoms with Gasteiger partial charge in [-0.05, 0) is 19.8 Å². The van der Waals surface area contributed by atoms with Crippen LogP contribution in [0.25, 0.3) is 0 Å². The molecule has 0 aliphatic heterocycles. The molecule has 0 fully saturated rings. The lowest BCUT2D eigenvalue weighted by Gasteiger charge is -1.86. The minimum absolute atomic E-state index is 0.307. The quantitative estimate of drug-likeness (QED) is 0.739. The Morgan fingerprint density at radius 2 is 1.54 bits per heavy atom. The maximum atomic E-state index is 10.2. The first kappa shape index (κ1) is 18.4. The average Bonchev–Trinajstić information content (AvgIpc) is 2.18. The zero-order valence-electron chi connectivity index (χ0n) is 9.89. The normalized spacial score (nSPS) is 7.54. The summed E-state index contributed by atoms with van der Waals surface area (Å²) in [7, 11) is 0. The van der Waals surface area contributed by atoms with Crippen molar-refractivity contribution in [3.8, 4) is 0 Å². The summed E-state index contributed by atoms with van der Waals surface area (Å²) >= 11 is 0. The standard InChI is InChI=1S/C6H12O.C3H8O.C2H6/c1-3-4-5-6(2)7;1-2-3-4;1-2/h3-5H2,1-2H3;4H,2-3H2,1H3;1-2H3. The van der Waals surface area contributed by atoms with E-state index in [9.17, 15) is 4.79 Å². The lowest BCUT2D eigenvalue weighted by molar-refractivity contribution is -0.117. The van der Waals surface area contributed by atoms with Gasteiger partial charge in [0.15, 0.2) is 0 Å². The molecule has 0 radical (unpaired) electrons. The second-order valence-electron chi connectivity index (χ2n) is 2.53. The summed E-state index contributed by atoms with van der Waals surface area (Å²) in [6.07, 6.45) is 3.81. The Morgan fingerprint density at radius 1 is 1.15 bits per heavy atom. The SMILES string of the molecule is CC.CCCCC(C)=O.CCCO. The molecule has 2 heteroatoms. The number of aliphatic hydroxyl groups is 1. The van der Waals surface area contributed by atoms with Crippen LogP contribution >= 0.6 is 0 Å². The molecule has 0 aromatic rings. The largest absolute Gasteiger partial charge is 0.396 e. The molecule has 0 bridgehead atoms. The van der Waals surface area contributed by atoms with E-state index in [1.807, 2.05) is 20.8 Å². The number of unbranched alkanes of at least 4 members (excludes halogenated alkanes) is 1. The maximum absolute atomic E-state index is 10.2. The molecule has 0 saturated carbocycles. The van der Waals surface area contributed by atoms with Crippen LogP contribution in [-0.2, 0) is 4.79 Å². The summed E-state index contributed by atoms with van der Waals surface area (Å²) in [5.74, 6) is 0.307. The van der Waals surface area contributed by atoms with E-state index < -0.39 is 0 Å². The lowest BCUT2D eigenvalue weighted by Crippen LogP contribution is -1.86. The number of carbonyl (C=O) groups is 1. The van der Waals surface area contributed by atoms with E-state index in [4.69, 9.17) is 5.11 Å². The fourth-order valence-electron chi connectivity index (χ4n) is 0.426. The summed E-state index contributed by atoms with van der Waals surface area (Å²) in [6.45, 7) is 9.97. The monoisotopic (exact) mass is 190 g/mol. The summed E-state index contributed by atoms with van der Waals surface area (Å²) < 4.78 is 0. The van der Waals surface area contributed by atoms with Gasteiger partial charge in [0.1, 0.15) is 5.78 Å². The summed E-state index contributed by atoms with van der Waals surface area (Å²) in [4.78, 5) is 10.2. The molecule has 0 atom stereocenters. The summed E-state index contributed by atoms with van der Waals surface area (Å²) in [6, 6.07) is 0. The molecule has 0 aliphatic carbocycles. The van der Waals surface area contributed by atoms with Crippen molar-refractivity contribution < 1.29 is 9.90 Å². The van der Waals surface area contributed by atoms with E-state index in [2.05, 4.69) is 6.92 Å². The van der Waals surface area contributed by atoms with Crippen LogP contribution in [0.5, 0.6) is 0 Å². The summed E-state index contributed by atoms with van der Waals surface area (Å²) in [5.41, 5.74) is 0. The highest BCUT2D eigenvalue weighted by molar-refractivity contribution is 5.75. The van der Waals surface area contributed by atoms with E-state index in [1.54, 1.807) is 6.92 Å². The molecule has 2 nitrogen and oxygen atoms in total. The van der Waals surface area contributed by atoms with Gasteiger partial charge in [-0.15, -0.1) is 0 Å². The van der Waals surface area contributed by atoms with Gasteiger partial charge in [0.25, 0.3) is 0 Å². The Bertz CT molecular complexity index is 78.2. The Hall–Kier alpha value is -0.370. The molecular formula is C11H26O2. The predicted molar refractivity (Wildman–Crippen MR) is 58.9 cm³/mol. The van der Waals surface area contributed by atoms with Crippen LogP contribution in [0, 0.1) is 0 Å². The molecule has 0 amide bonds. The number of aliphatic hydroxyl groups excluding tert-OH is 1. The summed E-state index contributed by atoms with van der Waals surface area (Å²) in [5, 5.41) is 7.88. The molecule has 0 aromatic carbocycles. The number of hydrogen-bond donors (Lipinski definition) is 1. The lowest BCUT2D eigenvalue weighted by atomic mass is 10.2. The molecular weight excluding hydrogens is 164 g/mol. The number of ketones is 1. The van der Waals surface area contributed by atoms with Crippen molar-refractivity contribution in [3.05, 3.63) is 0 Å². The van der Waals surface area contributed by atoms with Crippen molar-refractivity contribution in [2.24, 2.45) is 0 Å². The van der Waals surface area contributed by atoms with Crippen LogP contribution in [0.1, 0.15) is 60.3 Å². The molecule has 0 spiro atoms. The molecule has 0 aromatic heterocycles.